The van der Waals surface area contributed by atoms with Crippen molar-refractivity contribution in [3.8, 4) is 0 Å². The van der Waals surface area contributed by atoms with Gasteiger partial charge in [-0.2, -0.15) is 5.10 Å². The molecule has 0 aliphatic rings. The quantitative estimate of drug-likeness (QED) is 0.558. The Balaban J connectivity index is 3.10. The smallest absolute Gasteiger partial charge is 0.356 e. The second-order valence-corrected chi connectivity index (χ2v) is 2.14. The number of rotatable bonds is 2. The summed E-state index contributed by atoms with van der Waals surface area (Å²) in [6.45, 7) is 1.38. The Labute approximate surface area is 62.7 Å². The number of hydrogen-bond acceptors (Lipinski definition) is 3. The first-order valence-electron chi connectivity index (χ1n) is 3.04. The van der Waals surface area contributed by atoms with E-state index in [2.05, 4.69) is 10.2 Å². The predicted octanol–water partition coefficient (Wildman–Crippen LogP) is -0.0914. The summed E-state index contributed by atoms with van der Waals surface area (Å²) >= 11 is 0. The lowest BCUT2D eigenvalue weighted by Crippen LogP contribution is -1.98. The third-order valence-electron chi connectivity index (χ3n) is 1.47. The molecule has 0 unspecified atom stereocenters. The minimum absolute atomic E-state index is 0.0333. The number of aromatic carboxylic acids is 1. The van der Waals surface area contributed by atoms with E-state index in [4.69, 9.17) is 10.2 Å². The molecule has 5 nitrogen and oxygen atoms in total. The molecular weight excluding hydrogens is 148 g/mol. The molecule has 1 rings (SSSR count). The maximum absolute atomic E-state index is 10.4. The van der Waals surface area contributed by atoms with Gasteiger partial charge in [0.05, 0.1) is 12.3 Å². The van der Waals surface area contributed by atoms with E-state index in [9.17, 15) is 4.79 Å². The van der Waals surface area contributed by atoms with Gasteiger partial charge in [0.25, 0.3) is 0 Å². The van der Waals surface area contributed by atoms with Crippen LogP contribution in [0.15, 0.2) is 0 Å². The number of aliphatic hydroxyl groups is 1. The van der Waals surface area contributed by atoms with Gasteiger partial charge in [-0.3, -0.25) is 5.10 Å². The monoisotopic (exact) mass is 156 g/mol. The Morgan fingerprint density at radius 2 is 2.36 bits per heavy atom. The lowest BCUT2D eigenvalue weighted by molar-refractivity contribution is 0.0689. The zero-order chi connectivity index (χ0) is 8.43. The Bertz CT molecular complexity index is 279. The maximum Gasteiger partial charge on any atom is 0.356 e. The summed E-state index contributed by atoms with van der Waals surface area (Å²) in [5.74, 6) is -1.08. The van der Waals surface area contributed by atoms with Gasteiger partial charge >= 0.3 is 5.97 Å². The van der Waals surface area contributed by atoms with Crippen molar-refractivity contribution in [3.05, 3.63) is 17.0 Å². The van der Waals surface area contributed by atoms with E-state index in [1.165, 1.54) is 0 Å². The molecule has 11 heavy (non-hydrogen) atoms. The van der Waals surface area contributed by atoms with E-state index in [-0.39, 0.29) is 12.3 Å². The van der Waals surface area contributed by atoms with Crippen LogP contribution in [0.1, 0.15) is 21.7 Å². The average Bonchev–Trinajstić information content (AvgIpc) is 2.30. The molecule has 0 spiro atoms. The summed E-state index contributed by atoms with van der Waals surface area (Å²) in [5, 5.41) is 23.1. The summed E-state index contributed by atoms with van der Waals surface area (Å²) in [5.41, 5.74) is 0.899. The average molecular weight is 156 g/mol. The number of nitrogens with zero attached hydrogens (tertiary/aromatic N) is 1. The summed E-state index contributed by atoms with van der Waals surface area (Å²) < 4.78 is 0. The summed E-state index contributed by atoms with van der Waals surface area (Å²) in [6.07, 6.45) is 0. The molecule has 3 N–H and O–H groups in total. The van der Waals surface area contributed by atoms with Gasteiger partial charge in [0.2, 0.25) is 0 Å². The van der Waals surface area contributed by atoms with Crippen LogP contribution in [-0.4, -0.2) is 26.4 Å². The molecule has 0 aromatic carbocycles. The van der Waals surface area contributed by atoms with Crippen molar-refractivity contribution in [2.45, 2.75) is 13.5 Å². The molecule has 1 aromatic heterocycles. The Morgan fingerprint density at radius 1 is 1.73 bits per heavy atom. The van der Waals surface area contributed by atoms with Gasteiger partial charge in [-0.05, 0) is 6.92 Å². The zero-order valence-corrected chi connectivity index (χ0v) is 5.96. The summed E-state index contributed by atoms with van der Waals surface area (Å²) in [6, 6.07) is 0. The van der Waals surface area contributed by atoms with E-state index in [1.807, 2.05) is 0 Å². The van der Waals surface area contributed by atoms with Gasteiger partial charge in [0.1, 0.15) is 0 Å². The van der Waals surface area contributed by atoms with Crippen molar-refractivity contribution in [2.75, 3.05) is 0 Å². The SMILES string of the molecule is Cc1c(C(=O)O)n[nH]c1CO. The molecule has 0 saturated carbocycles. The largest absolute Gasteiger partial charge is 0.476 e. The number of nitrogens with one attached hydrogen (secondary N) is 1. The maximum atomic E-state index is 10.4. The number of aromatic amines is 1. The van der Waals surface area contributed by atoms with E-state index in [1.54, 1.807) is 6.92 Å². The van der Waals surface area contributed by atoms with E-state index >= 15 is 0 Å². The van der Waals surface area contributed by atoms with Crippen LogP contribution in [-0.2, 0) is 6.61 Å². The van der Waals surface area contributed by atoms with Crippen molar-refractivity contribution in [3.63, 3.8) is 0 Å². The topological polar surface area (TPSA) is 86.2 Å². The Hall–Kier alpha value is -1.36. The molecule has 0 radical (unpaired) electrons. The van der Waals surface area contributed by atoms with E-state index in [0.717, 1.165) is 0 Å². The highest BCUT2D eigenvalue weighted by atomic mass is 16.4. The molecule has 5 heteroatoms. The normalized spacial score (nSPS) is 10.0. The van der Waals surface area contributed by atoms with Gasteiger partial charge in [-0.1, -0.05) is 0 Å². The number of hydrogen-bond donors (Lipinski definition) is 3. The number of carboxylic acids is 1. The summed E-state index contributed by atoms with van der Waals surface area (Å²) in [7, 11) is 0. The lowest BCUT2D eigenvalue weighted by atomic mass is 10.2. The number of carbonyl (C=O) groups is 1. The molecule has 60 valence electrons. The van der Waals surface area contributed by atoms with Crippen LogP contribution >= 0.6 is 0 Å². The molecule has 1 heterocycles. The summed E-state index contributed by atoms with van der Waals surface area (Å²) in [4.78, 5) is 10.4. The Morgan fingerprint density at radius 3 is 2.64 bits per heavy atom. The lowest BCUT2D eigenvalue weighted by Gasteiger charge is -1.90. The van der Waals surface area contributed by atoms with Gasteiger partial charge in [-0.25, -0.2) is 4.79 Å². The first kappa shape index (κ1) is 7.74. The fourth-order valence-corrected chi connectivity index (χ4v) is 0.796. The standard InChI is InChI=1S/C6H8N2O3/c1-3-4(2-9)7-8-5(3)6(10)11/h9H,2H2,1H3,(H,7,8)(H,10,11). The second-order valence-electron chi connectivity index (χ2n) is 2.14. The molecule has 1 aromatic rings. The molecular formula is C6H8N2O3. The zero-order valence-electron chi connectivity index (χ0n) is 5.96. The van der Waals surface area contributed by atoms with E-state index in [0.29, 0.717) is 11.3 Å². The van der Waals surface area contributed by atoms with Crippen LogP contribution in [0.25, 0.3) is 0 Å². The van der Waals surface area contributed by atoms with Crippen LogP contribution in [0, 0.1) is 6.92 Å². The molecule has 0 fully saturated rings. The van der Waals surface area contributed by atoms with Crippen molar-refractivity contribution < 1.29 is 15.0 Å². The third-order valence-corrected chi connectivity index (χ3v) is 1.47. The predicted molar refractivity (Wildman–Crippen MR) is 36.2 cm³/mol. The third kappa shape index (κ3) is 1.22. The van der Waals surface area contributed by atoms with Crippen LogP contribution in [0.4, 0.5) is 0 Å². The van der Waals surface area contributed by atoms with Crippen LogP contribution in [0.3, 0.4) is 0 Å². The minimum Gasteiger partial charge on any atom is -0.476 e. The molecule has 0 aliphatic carbocycles. The van der Waals surface area contributed by atoms with Gasteiger partial charge in [0.15, 0.2) is 5.69 Å². The second kappa shape index (κ2) is 2.71. The first-order valence-corrected chi connectivity index (χ1v) is 3.04. The van der Waals surface area contributed by atoms with Gasteiger partial charge < -0.3 is 10.2 Å². The van der Waals surface area contributed by atoms with Gasteiger partial charge in [0, 0.05) is 5.56 Å². The molecule has 0 atom stereocenters. The Kier molecular flexibility index (Phi) is 1.91. The van der Waals surface area contributed by atoms with E-state index < -0.39 is 5.97 Å². The molecule has 0 saturated heterocycles. The van der Waals surface area contributed by atoms with Crippen LogP contribution in [0.5, 0.6) is 0 Å². The fourth-order valence-electron chi connectivity index (χ4n) is 0.796. The van der Waals surface area contributed by atoms with Crippen molar-refractivity contribution in [1.29, 1.82) is 0 Å². The molecule has 0 aliphatic heterocycles. The van der Waals surface area contributed by atoms with Crippen molar-refractivity contribution >= 4 is 5.97 Å². The minimum atomic E-state index is -1.08. The van der Waals surface area contributed by atoms with Crippen LogP contribution < -0.4 is 0 Å². The highest BCUT2D eigenvalue weighted by Gasteiger charge is 2.13. The highest BCUT2D eigenvalue weighted by Crippen LogP contribution is 2.08. The van der Waals surface area contributed by atoms with Gasteiger partial charge in [-0.15, -0.1) is 0 Å². The number of aromatic nitrogens is 2. The number of H-pyrrole nitrogens is 1. The van der Waals surface area contributed by atoms with Crippen molar-refractivity contribution in [1.82, 2.24) is 10.2 Å². The molecule has 0 bridgehead atoms. The fraction of sp³-hybridized carbons (Fsp3) is 0.333. The highest BCUT2D eigenvalue weighted by molar-refractivity contribution is 5.87. The number of carboxylic acid groups (broad SMARTS) is 1. The number of aliphatic hydroxyl groups excluding tert-OH is 1. The van der Waals surface area contributed by atoms with Crippen molar-refractivity contribution in [2.24, 2.45) is 0 Å². The molecule has 0 amide bonds. The first-order chi connectivity index (χ1) is 5.16. The van der Waals surface area contributed by atoms with Crippen LogP contribution in [0.2, 0.25) is 0 Å².